The Kier molecular flexibility index (Phi) is 16.7. The van der Waals surface area contributed by atoms with E-state index in [1.165, 1.54) is 16.7 Å². The highest BCUT2D eigenvalue weighted by molar-refractivity contribution is 8.00. The maximum Gasteiger partial charge on any atom is 0.245 e. The molecule has 15 nitrogen and oxygen atoms in total. The van der Waals surface area contributed by atoms with Crippen LogP contribution in [0.1, 0.15) is 80.2 Å². The van der Waals surface area contributed by atoms with Crippen LogP contribution >= 0.6 is 11.8 Å². The molecular formula is C43H65N7O8S. The van der Waals surface area contributed by atoms with E-state index >= 15 is 0 Å². The number of hydrogen-bond donors (Lipinski definition) is 6. The fourth-order valence-electron chi connectivity index (χ4n) is 7.18. The molecule has 3 aliphatic heterocycles. The van der Waals surface area contributed by atoms with Crippen molar-refractivity contribution in [2.45, 2.75) is 146 Å². The van der Waals surface area contributed by atoms with Crippen molar-refractivity contribution in [3.63, 3.8) is 0 Å². The van der Waals surface area contributed by atoms with Gasteiger partial charge in [0.15, 0.2) is 0 Å². The third-order valence-corrected chi connectivity index (χ3v) is 12.6. The molecule has 16 heteroatoms. The minimum atomic E-state index is -1.33. The summed E-state index contributed by atoms with van der Waals surface area (Å²) in [6, 6.07) is 2.88. The SMILES string of the molecule is C=CC(C)(C)OC[C@@H]1NC(=O)[C@H]([C@@H](C)OC(C)(C)C=C)NC(=O)[C@@H]2CS[C@H](N2)[C@@H](Cc2ccccc2)NC(=O)[C@@H]2CCCN2C(=O)[C@H](C)NC(=O)[C@H]([C@@H](C)CC)NC1=O. The molecule has 0 saturated carbocycles. The van der Waals surface area contributed by atoms with Gasteiger partial charge >= 0.3 is 0 Å². The number of amides is 6. The minimum absolute atomic E-state index is 0.308. The van der Waals surface area contributed by atoms with Crippen molar-refractivity contribution in [2.75, 3.05) is 18.9 Å². The van der Waals surface area contributed by atoms with Crippen LogP contribution in [-0.4, -0.2) is 124 Å². The quantitative estimate of drug-likeness (QED) is 0.170. The molecule has 6 N–H and O–H groups in total. The van der Waals surface area contributed by atoms with Gasteiger partial charge in [0.1, 0.15) is 30.2 Å². The fourth-order valence-corrected chi connectivity index (χ4v) is 8.48. The first-order valence-electron chi connectivity index (χ1n) is 20.6. The maximum atomic E-state index is 14.4. The van der Waals surface area contributed by atoms with Crippen molar-refractivity contribution < 1.29 is 38.2 Å². The van der Waals surface area contributed by atoms with E-state index in [0.717, 1.165) is 5.56 Å². The molecule has 4 rings (SSSR count). The molecule has 0 unspecified atom stereocenters. The van der Waals surface area contributed by atoms with Crippen molar-refractivity contribution in [1.29, 1.82) is 0 Å². The van der Waals surface area contributed by atoms with E-state index in [4.69, 9.17) is 9.47 Å². The lowest BCUT2D eigenvalue weighted by Crippen LogP contribution is -2.63. The Morgan fingerprint density at radius 1 is 0.847 bits per heavy atom. The second-order valence-electron chi connectivity index (χ2n) is 16.9. The predicted molar refractivity (Wildman–Crippen MR) is 228 cm³/mol. The molecule has 3 fully saturated rings. The van der Waals surface area contributed by atoms with E-state index in [1.807, 2.05) is 37.3 Å². The highest BCUT2D eigenvalue weighted by Crippen LogP contribution is 2.26. The number of fused-ring (bicyclic) bond motifs is 3. The smallest absolute Gasteiger partial charge is 0.245 e. The summed E-state index contributed by atoms with van der Waals surface area (Å²) < 4.78 is 12.2. The summed E-state index contributed by atoms with van der Waals surface area (Å²) >= 11 is 1.47. The Hall–Kier alpha value is -4.25. The van der Waals surface area contributed by atoms with Gasteiger partial charge < -0.3 is 41.0 Å². The number of nitrogens with zero attached hydrogens (tertiary/aromatic N) is 1. The Labute approximate surface area is 353 Å². The zero-order valence-corrected chi connectivity index (χ0v) is 36.6. The number of carbonyl (C=O) groups is 6. The summed E-state index contributed by atoms with van der Waals surface area (Å²) in [4.78, 5) is 86.2. The predicted octanol–water partition coefficient (Wildman–Crippen LogP) is 2.11. The lowest BCUT2D eigenvalue weighted by atomic mass is 9.97. The summed E-state index contributed by atoms with van der Waals surface area (Å²) in [6.07, 6.45) is 4.20. The van der Waals surface area contributed by atoms with Gasteiger partial charge in [-0.3, -0.25) is 34.1 Å². The molecule has 6 amide bonds. The molecule has 326 valence electrons. The van der Waals surface area contributed by atoms with Gasteiger partial charge in [-0.25, -0.2) is 0 Å². The van der Waals surface area contributed by atoms with Crippen LogP contribution in [0.15, 0.2) is 55.6 Å². The number of thioether (sulfide) groups is 1. The monoisotopic (exact) mass is 839 g/mol. The van der Waals surface area contributed by atoms with Gasteiger partial charge in [0.05, 0.1) is 41.4 Å². The van der Waals surface area contributed by atoms with Crippen LogP contribution in [0, 0.1) is 5.92 Å². The van der Waals surface area contributed by atoms with E-state index in [1.54, 1.807) is 60.6 Å². The number of rotatable bonds is 12. The minimum Gasteiger partial charge on any atom is -0.369 e. The molecule has 1 aromatic carbocycles. The molecule has 0 aromatic heterocycles. The van der Waals surface area contributed by atoms with E-state index in [2.05, 4.69) is 45.1 Å². The first-order valence-corrected chi connectivity index (χ1v) is 21.7. The van der Waals surface area contributed by atoms with E-state index in [9.17, 15) is 28.8 Å². The number of nitrogens with one attached hydrogen (secondary N) is 6. The van der Waals surface area contributed by atoms with Crippen LogP contribution in [0.4, 0.5) is 0 Å². The molecule has 0 aliphatic carbocycles. The summed E-state index contributed by atoms with van der Waals surface area (Å²) in [5, 5.41) is 17.4. The lowest BCUT2D eigenvalue weighted by molar-refractivity contribution is -0.142. The van der Waals surface area contributed by atoms with Gasteiger partial charge in [0.2, 0.25) is 35.4 Å². The van der Waals surface area contributed by atoms with Crippen LogP contribution in [-0.2, 0) is 44.7 Å². The van der Waals surface area contributed by atoms with E-state index < -0.39 is 94.5 Å². The molecule has 0 radical (unpaired) electrons. The first kappa shape index (κ1) is 47.4. The van der Waals surface area contributed by atoms with Crippen LogP contribution in [0.3, 0.4) is 0 Å². The molecule has 3 saturated heterocycles. The second kappa shape index (κ2) is 20.8. The third-order valence-electron chi connectivity index (χ3n) is 11.3. The van der Waals surface area contributed by atoms with Crippen molar-refractivity contribution >= 4 is 47.2 Å². The number of hydrogen-bond acceptors (Lipinski definition) is 10. The Morgan fingerprint density at radius 2 is 1.49 bits per heavy atom. The average Bonchev–Trinajstić information content (AvgIpc) is 3.91. The van der Waals surface area contributed by atoms with Gasteiger partial charge in [-0.05, 0) is 72.3 Å². The second-order valence-corrected chi connectivity index (χ2v) is 18.0. The Balaban J connectivity index is 1.76. The highest BCUT2D eigenvalue weighted by Gasteiger charge is 2.43. The van der Waals surface area contributed by atoms with Gasteiger partial charge in [-0.2, -0.15) is 0 Å². The maximum absolute atomic E-state index is 14.4. The summed E-state index contributed by atoms with van der Waals surface area (Å²) in [5.41, 5.74) is -0.811. The Bertz CT molecular complexity index is 1690. The average molecular weight is 840 g/mol. The summed E-state index contributed by atoms with van der Waals surface area (Å²) in [6.45, 7) is 21.6. The normalized spacial score (nSPS) is 29.1. The van der Waals surface area contributed by atoms with Gasteiger partial charge in [0.25, 0.3) is 0 Å². The topological polar surface area (TPSA) is 196 Å². The standard InChI is InChI=1S/C43H65N7O8S/c1-11-25(4)33-38(54)44-26(5)41(56)50-21-17-20-32(50)37(53)45-29(22-28-18-15-14-16-19-28)40-47-31(24-59-40)36(52)49-34(27(6)58-43(9,10)13-3)39(55)46-30(35(51)48-33)23-57-42(7,8)12-2/h12-16,18-19,25-27,29-34,40,47H,2-3,11,17,20-24H2,1,4-10H3,(H,44,54)(H,45,53)(H,46,55)(H,48,51)(H,49,52)/t25-,26-,27+,29+,30-,31-,32-,33-,34-,40-/m0/s1. The molecule has 10 atom stereocenters. The molecule has 2 bridgehead atoms. The van der Waals surface area contributed by atoms with Crippen molar-refractivity contribution in [3.05, 3.63) is 61.2 Å². The van der Waals surface area contributed by atoms with Crippen LogP contribution in [0.5, 0.6) is 0 Å². The van der Waals surface area contributed by atoms with Crippen LogP contribution in [0.2, 0.25) is 0 Å². The molecule has 3 heterocycles. The first-order chi connectivity index (χ1) is 27.8. The molecule has 3 aliphatic rings. The van der Waals surface area contributed by atoms with Gasteiger partial charge in [-0.1, -0.05) is 62.8 Å². The fraction of sp³-hybridized carbons (Fsp3) is 0.628. The molecule has 0 spiro atoms. The van der Waals surface area contributed by atoms with Crippen molar-refractivity contribution in [2.24, 2.45) is 5.92 Å². The highest BCUT2D eigenvalue weighted by atomic mass is 32.2. The summed E-state index contributed by atoms with van der Waals surface area (Å²) in [7, 11) is 0. The molecule has 1 aromatic rings. The number of ether oxygens (including phenoxy) is 2. The lowest BCUT2D eigenvalue weighted by Gasteiger charge is -2.33. The third kappa shape index (κ3) is 12.9. The largest absolute Gasteiger partial charge is 0.369 e. The summed E-state index contributed by atoms with van der Waals surface area (Å²) in [5.74, 6) is -3.34. The van der Waals surface area contributed by atoms with Crippen molar-refractivity contribution in [3.8, 4) is 0 Å². The molecular weight excluding hydrogens is 775 g/mol. The van der Waals surface area contributed by atoms with Crippen molar-refractivity contribution in [1.82, 2.24) is 36.8 Å². The zero-order chi connectivity index (χ0) is 43.7. The number of benzene rings is 1. The number of carbonyl (C=O) groups excluding carboxylic acids is 6. The van der Waals surface area contributed by atoms with E-state index in [0.29, 0.717) is 38.0 Å². The van der Waals surface area contributed by atoms with E-state index in [-0.39, 0.29) is 18.4 Å². The van der Waals surface area contributed by atoms with Crippen LogP contribution in [0.25, 0.3) is 0 Å². The van der Waals surface area contributed by atoms with Gasteiger partial charge in [-0.15, -0.1) is 24.9 Å². The van der Waals surface area contributed by atoms with Crippen LogP contribution < -0.4 is 31.9 Å². The van der Waals surface area contributed by atoms with Gasteiger partial charge in [0, 0.05) is 12.3 Å². The molecule has 59 heavy (non-hydrogen) atoms. The Morgan fingerprint density at radius 3 is 2.14 bits per heavy atom. The zero-order valence-electron chi connectivity index (χ0n) is 35.8.